The Morgan fingerprint density at radius 1 is 1.50 bits per heavy atom. The molecule has 0 radical (unpaired) electrons. The Labute approximate surface area is 95.6 Å². The van der Waals surface area contributed by atoms with E-state index in [1.54, 1.807) is 0 Å². The van der Waals surface area contributed by atoms with Crippen LogP contribution in [0.1, 0.15) is 38.1 Å². The number of ether oxygens (including phenoxy) is 1. The number of rotatable bonds is 4. The second-order valence-corrected chi connectivity index (χ2v) is 4.54. The highest BCUT2D eigenvalue weighted by atomic mass is 16.5. The zero-order valence-electron chi connectivity index (χ0n) is 9.90. The standard InChI is InChI=1S/C11H19N3O2/c1-8(2)3-4-10-13-11(16-14-10)9-7-12-5-6-15-9/h8-9,12H,3-7H2,1-2H3. The van der Waals surface area contributed by atoms with E-state index in [2.05, 4.69) is 29.3 Å². The van der Waals surface area contributed by atoms with Gasteiger partial charge in [-0.25, -0.2) is 0 Å². The summed E-state index contributed by atoms with van der Waals surface area (Å²) in [4.78, 5) is 4.36. The zero-order chi connectivity index (χ0) is 11.4. The predicted octanol–water partition coefficient (Wildman–Crippen LogP) is 1.32. The Kier molecular flexibility index (Phi) is 3.90. The lowest BCUT2D eigenvalue weighted by Crippen LogP contribution is -2.33. The quantitative estimate of drug-likeness (QED) is 0.837. The molecule has 1 unspecified atom stereocenters. The van der Waals surface area contributed by atoms with Crippen molar-refractivity contribution in [3.05, 3.63) is 11.7 Å². The molecular weight excluding hydrogens is 206 g/mol. The molecule has 16 heavy (non-hydrogen) atoms. The SMILES string of the molecule is CC(C)CCc1noc(C2CNCCO2)n1. The first-order valence-corrected chi connectivity index (χ1v) is 5.90. The first-order chi connectivity index (χ1) is 7.75. The van der Waals surface area contributed by atoms with E-state index in [4.69, 9.17) is 9.26 Å². The fraction of sp³-hybridized carbons (Fsp3) is 0.818. The Hall–Kier alpha value is -0.940. The molecule has 90 valence electrons. The van der Waals surface area contributed by atoms with Gasteiger partial charge in [-0.1, -0.05) is 19.0 Å². The minimum absolute atomic E-state index is 0.0750. The molecule has 0 spiro atoms. The van der Waals surface area contributed by atoms with Crippen LogP contribution in [0.25, 0.3) is 0 Å². The second-order valence-electron chi connectivity index (χ2n) is 4.54. The average Bonchev–Trinajstić information content (AvgIpc) is 2.76. The van der Waals surface area contributed by atoms with Crippen LogP contribution in [-0.2, 0) is 11.2 Å². The van der Waals surface area contributed by atoms with Gasteiger partial charge in [0.05, 0.1) is 6.61 Å². The Balaban J connectivity index is 1.90. The van der Waals surface area contributed by atoms with E-state index in [-0.39, 0.29) is 6.10 Å². The van der Waals surface area contributed by atoms with E-state index in [1.807, 2.05) is 0 Å². The molecule has 1 aliphatic rings. The Morgan fingerprint density at radius 3 is 3.06 bits per heavy atom. The third kappa shape index (κ3) is 3.02. The van der Waals surface area contributed by atoms with Gasteiger partial charge >= 0.3 is 0 Å². The van der Waals surface area contributed by atoms with Gasteiger partial charge in [-0.15, -0.1) is 0 Å². The van der Waals surface area contributed by atoms with Crippen LogP contribution in [0.15, 0.2) is 4.52 Å². The van der Waals surface area contributed by atoms with Crippen molar-refractivity contribution >= 4 is 0 Å². The van der Waals surface area contributed by atoms with Crippen molar-refractivity contribution in [3.63, 3.8) is 0 Å². The second kappa shape index (κ2) is 5.41. The van der Waals surface area contributed by atoms with Gasteiger partial charge in [0, 0.05) is 19.5 Å². The normalized spacial score (nSPS) is 21.6. The third-order valence-electron chi connectivity index (χ3n) is 2.63. The summed E-state index contributed by atoms with van der Waals surface area (Å²) in [5.74, 6) is 2.05. The molecule has 5 heteroatoms. The minimum atomic E-state index is -0.0750. The molecule has 5 nitrogen and oxygen atoms in total. The van der Waals surface area contributed by atoms with Gasteiger partial charge in [-0.3, -0.25) is 0 Å². The van der Waals surface area contributed by atoms with Crippen molar-refractivity contribution in [3.8, 4) is 0 Å². The molecule has 0 aromatic carbocycles. The third-order valence-corrected chi connectivity index (χ3v) is 2.63. The van der Waals surface area contributed by atoms with Crippen LogP contribution in [0.2, 0.25) is 0 Å². The van der Waals surface area contributed by atoms with Crippen molar-refractivity contribution in [2.75, 3.05) is 19.7 Å². The van der Waals surface area contributed by atoms with E-state index >= 15 is 0 Å². The maximum absolute atomic E-state index is 5.54. The molecule has 2 heterocycles. The predicted molar refractivity (Wildman–Crippen MR) is 59.0 cm³/mol. The number of nitrogens with one attached hydrogen (secondary N) is 1. The lowest BCUT2D eigenvalue weighted by molar-refractivity contribution is 0.00755. The number of hydrogen-bond acceptors (Lipinski definition) is 5. The van der Waals surface area contributed by atoms with Crippen LogP contribution in [0, 0.1) is 5.92 Å². The first kappa shape index (κ1) is 11.5. The molecule has 0 bridgehead atoms. The molecular formula is C11H19N3O2. The van der Waals surface area contributed by atoms with E-state index in [1.165, 1.54) is 0 Å². The highest BCUT2D eigenvalue weighted by Gasteiger charge is 2.21. The van der Waals surface area contributed by atoms with Gasteiger partial charge in [0.25, 0.3) is 5.89 Å². The van der Waals surface area contributed by atoms with Crippen LogP contribution in [-0.4, -0.2) is 29.8 Å². The fourth-order valence-corrected chi connectivity index (χ4v) is 1.64. The van der Waals surface area contributed by atoms with Gasteiger partial charge in [0.1, 0.15) is 6.10 Å². The van der Waals surface area contributed by atoms with Crippen LogP contribution in [0.5, 0.6) is 0 Å². The van der Waals surface area contributed by atoms with E-state index in [0.717, 1.165) is 31.8 Å². The van der Waals surface area contributed by atoms with Crippen LogP contribution >= 0.6 is 0 Å². The smallest absolute Gasteiger partial charge is 0.257 e. The van der Waals surface area contributed by atoms with Gasteiger partial charge in [0.15, 0.2) is 5.82 Å². The van der Waals surface area contributed by atoms with Gasteiger partial charge in [-0.05, 0) is 12.3 Å². The summed E-state index contributed by atoms with van der Waals surface area (Å²) in [5, 5.41) is 7.21. The fourth-order valence-electron chi connectivity index (χ4n) is 1.64. The first-order valence-electron chi connectivity index (χ1n) is 5.90. The van der Waals surface area contributed by atoms with E-state index < -0.39 is 0 Å². The summed E-state index contributed by atoms with van der Waals surface area (Å²) in [6.45, 7) is 6.73. The lowest BCUT2D eigenvalue weighted by atomic mass is 10.1. The highest BCUT2D eigenvalue weighted by Crippen LogP contribution is 2.17. The van der Waals surface area contributed by atoms with Crippen LogP contribution in [0.3, 0.4) is 0 Å². The number of aryl methyl sites for hydroxylation is 1. The molecule has 1 N–H and O–H groups in total. The minimum Gasteiger partial charge on any atom is -0.366 e. The summed E-state index contributed by atoms with van der Waals surface area (Å²) in [6.07, 6.45) is 1.89. The topological polar surface area (TPSA) is 60.2 Å². The summed E-state index contributed by atoms with van der Waals surface area (Å²) >= 11 is 0. The molecule has 0 amide bonds. The van der Waals surface area contributed by atoms with Gasteiger partial charge in [0.2, 0.25) is 0 Å². The Morgan fingerprint density at radius 2 is 2.38 bits per heavy atom. The molecule has 1 aromatic rings. The maximum Gasteiger partial charge on any atom is 0.257 e. The van der Waals surface area contributed by atoms with Gasteiger partial charge in [-0.2, -0.15) is 4.98 Å². The maximum atomic E-state index is 5.54. The number of aromatic nitrogens is 2. The zero-order valence-corrected chi connectivity index (χ0v) is 9.90. The number of nitrogens with zero attached hydrogens (tertiary/aromatic N) is 2. The Bertz CT molecular complexity index is 319. The van der Waals surface area contributed by atoms with Crippen molar-refractivity contribution in [2.45, 2.75) is 32.8 Å². The molecule has 2 rings (SSSR count). The molecule has 1 aromatic heterocycles. The summed E-state index contributed by atoms with van der Waals surface area (Å²) in [5.41, 5.74) is 0. The van der Waals surface area contributed by atoms with Crippen molar-refractivity contribution in [1.29, 1.82) is 0 Å². The lowest BCUT2D eigenvalue weighted by Gasteiger charge is -2.19. The molecule has 0 saturated carbocycles. The van der Waals surface area contributed by atoms with Crippen LogP contribution in [0.4, 0.5) is 0 Å². The summed E-state index contributed by atoms with van der Waals surface area (Å²) in [7, 11) is 0. The van der Waals surface area contributed by atoms with Crippen LogP contribution < -0.4 is 5.32 Å². The summed E-state index contributed by atoms with van der Waals surface area (Å²) in [6, 6.07) is 0. The molecule has 0 aliphatic carbocycles. The van der Waals surface area contributed by atoms with Gasteiger partial charge < -0.3 is 14.6 Å². The highest BCUT2D eigenvalue weighted by molar-refractivity contribution is 4.92. The molecule has 1 atom stereocenters. The molecule has 1 aliphatic heterocycles. The molecule has 1 saturated heterocycles. The van der Waals surface area contributed by atoms with E-state index in [0.29, 0.717) is 18.4 Å². The monoisotopic (exact) mass is 225 g/mol. The van der Waals surface area contributed by atoms with Crippen molar-refractivity contribution in [2.24, 2.45) is 5.92 Å². The van der Waals surface area contributed by atoms with E-state index in [9.17, 15) is 0 Å². The van der Waals surface area contributed by atoms with Crippen molar-refractivity contribution in [1.82, 2.24) is 15.5 Å². The number of morpholine rings is 1. The summed E-state index contributed by atoms with van der Waals surface area (Å²) < 4.78 is 10.8. The number of hydrogen-bond donors (Lipinski definition) is 1. The van der Waals surface area contributed by atoms with Crippen molar-refractivity contribution < 1.29 is 9.26 Å². The molecule has 1 fully saturated rings. The largest absolute Gasteiger partial charge is 0.366 e. The average molecular weight is 225 g/mol.